The second-order valence-corrected chi connectivity index (χ2v) is 11.5. The van der Waals surface area contributed by atoms with Gasteiger partial charge >= 0.3 is 5.69 Å². The number of hydrogen-bond acceptors (Lipinski definition) is 7. The summed E-state index contributed by atoms with van der Waals surface area (Å²) in [5.41, 5.74) is 1.25. The van der Waals surface area contributed by atoms with Gasteiger partial charge in [0.25, 0.3) is 0 Å². The largest absolute Gasteiger partial charge is 0.464 e. The molecule has 0 radical (unpaired) electrons. The molecule has 0 saturated carbocycles. The Balaban J connectivity index is 1.69. The Morgan fingerprint density at radius 3 is 2.73 bits per heavy atom. The van der Waals surface area contributed by atoms with Gasteiger partial charge in [-0.2, -0.15) is 10.2 Å². The van der Waals surface area contributed by atoms with Crippen LogP contribution in [0.15, 0.2) is 70.6 Å². The van der Waals surface area contributed by atoms with Gasteiger partial charge in [0.15, 0.2) is 5.65 Å². The average molecular weight is 611 g/mol. The van der Waals surface area contributed by atoms with Crippen LogP contribution in [0.4, 0.5) is 10.2 Å². The molecule has 0 bridgehead atoms. The lowest BCUT2D eigenvalue weighted by Crippen LogP contribution is -2.54. The lowest BCUT2D eigenvalue weighted by molar-refractivity contribution is -0.126. The van der Waals surface area contributed by atoms with Gasteiger partial charge in [-0.25, -0.2) is 18.7 Å². The van der Waals surface area contributed by atoms with Gasteiger partial charge in [0.1, 0.15) is 23.3 Å². The van der Waals surface area contributed by atoms with Crippen molar-refractivity contribution >= 4 is 45.3 Å². The van der Waals surface area contributed by atoms with Gasteiger partial charge in [-0.1, -0.05) is 44.2 Å². The number of carbonyl (C=O) groups is 1. The molecule has 5 aromatic rings. The van der Waals surface area contributed by atoms with Gasteiger partial charge in [0.05, 0.1) is 39.2 Å². The van der Waals surface area contributed by atoms with Crippen LogP contribution in [0.25, 0.3) is 38.9 Å². The van der Waals surface area contributed by atoms with Gasteiger partial charge in [-0.15, -0.1) is 0 Å². The third-order valence-corrected chi connectivity index (χ3v) is 8.32. The number of nitriles is 1. The topological polar surface area (TPSA) is 108 Å². The van der Waals surface area contributed by atoms with Crippen molar-refractivity contribution in [3.8, 4) is 23.0 Å². The van der Waals surface area contributed by atoms with Crippen molar-refractivity contribution in [1.29, 1.82) is 5.26 Å². The summed E-state index contributed by atoms with van der Waals surface area (Å²) in [6, 6.07) is 13.5. The molecule has 0 unspecified atom stereocenters. The molecule has 0 spiro atoms. The number of pyridine rings is 1. The monoisotopic (exact) mass is 610 g/mol. The van der Waals surface area contributed by atoms with E-state index in [1.165, 1.54) is 23.0 Å². The zero-order valence-corrected chi connectivity index (χ0v) is 25.1. The Morgan fingerprint density at radius 1 is 1.23 bits per heavy atom. The van der Waals surface area contributed by atoms with Crippen molar-refractivity contribution in [1.82, 2.24) is 19.4 Å². The lowest BCUT2D eigenvalue weighted by Gasteiger charge is -2.40. The fourth-order valence-electron chi connectivity index (χ4n) is 5.90. The van der Waals surface area contributed by atoms with Gasteiger partial charge in [0, 0.05) is 31.1 Å². The fraction of sp³-hybridized carbons (Fsp3) is 0.242. The number of nitrogens with zero attached hydrogens (tertiary/aromatic N) is 6. The second kappa shape index (κ2) is 11.2. The molecular formula is C33H28ClFN6O3. The van der Waals surface area contributed by atoms with Crippen LogP contribution in [0.5, 0.6) is 0 Å². The van der Waals surface area contributed by atoms with Gasteiger partial charge < -0.3 is 14.2 Å². The molecule has 1 fully saturated rings. The summed E-state index contributed by atoms with van der Waals surface area (Å²) >= 11 is 6.87. The summed E-state index contributed by atoms with van der Waals surface area (Å²) in [4.78, 5) is 39.4. The van der Waals surface area contributed by atoms with Crippen molar-refractivity contribution in [3.63, 3.8) is 0 Å². The minimum absolute atomic E-state index is 0.0549. The van der Waals surface area contributed by atoms with Gasteiger partial charge in [-0.3, -0.25) is 4.79 Å². The van der Waals surface area contributed by atoms with E-state index in [1.807, 2.05) is 31.7 Å². The van der Waals surface area contributed by atoms with Crippen molar-refractivity contribution < 1.29 is 13.6 Å². The van der Waals surface area contributed by atoms with Crippen LogP contribution < -0.4 is 10.6 Å². The normalized spacial score (nSPS) is 15.2. The minimum Gasteiger partial charge on any atom is -0.464 e. The molecule has 0 N–H and O–H groups in total. The molecule has 4 heterocycles. The Kier molecular flexibility index (Phi) is 7.43. The molecule has 6 rings (SSSR count). The van der Waals surface area contributed by atoms with E-state index in [-0.39, 0.29) is 50.9 Å². The summed E-state index contributed by atoms with van der Waals surface area (Å²) in [6.45, 7) is 10.6. The Labute approximate surface area is 257 Å². The number of amides is 1. The van der Waals surface area contributed by atoms with Crippen molar-refractivity contribution in [2.45, 2.75) is 32.7 Å². The first-order valence-electron chi connectivity index (χ1n) is 14.1. The number of furan rings is 1. The van der Waals surface area contributed by atoms with Crippen LogP contribution >= 0.6 is 11.6 Å². The smallest absolute Gasteiger partial charge is 0.355 e. The number of para-hydroxylation sites is 1. The highest BCUT2D eigenvalue weighted by molar-refractivity contribution is 6.34. The Morgan fingerprint density at radius 2 is 2.02 bits per heavy atom. The Bertz CT molecular complexity index is 2080. The molecule has 44 heavy (non-hydrogen) atoms. The SMILES string of the molecule is C=CC(=O)N1CCN(c2nc(=O)n(-c3c(C#N)cccc3C(C)C)c3nc(-c4c(F)ccc5ccoc45)c(Cl)cc23)[C@@H](C)C1. The first-order chi connectivity index (χ1) is 21.1. The molecule has 2 aromatic carbocycles. The van der Waals surface area contributed by atoms with E-state index in [2.05, 4.69) is 17.6 Å². The molecule has 1 saturated heterocycles. The maximum absolute atomic E-state index is 15.5. The number of piperazine rings is 1. The van der Waals surface area contributed by atoms with Gasteiger partial charge in [0.2, 0.25) is 5.91 Å². The molecule has 11 heteroatoms. The van der Waals surface area contributed by atoms with Crippen LogP contribution in [-0.4, -0.2) is 51.0 Å². The molecule has 1 atom stereocenters. The summed E-state index contributed by atoms with van der Waals surface area (Å²) in [5.74, 6) is -0.502. The maximum atomic E-state index is 15.5. The second-order valence-electron chi connectivity index (χ2n) is 11.0. The number of benzene rings is 2. The average Bonchev–Trinajstić information content (AvgIpc) is 3.49. The highest BCUT2D eigenvalue weighted by Gasteiger charge is 2.31. The summed E-state index contributed by atoms with van der Waals surface area (Å²) in [5, 5.41) is 11.3. The third kappa shape index (κ3) is 4.70. The maximum Gasteiger partial charge on any atom is 0.355 e. The first-order valence-corrected chi connectivity index (χ1v) is 14.5. The summed E-state index contributed by atoms with van der Waals surface area (Å²) in [7, 11) is 0. The van der Waals surface area contributed by atoms with Crippen molar-refractivity contribution in [2.75, 3.05) is 24.5 Å². The summed E-state index contributed by atoms with van der Waals surface area (Å²) < 4.78 is 22.4. The quantitative estimate of drug-likeness (QED) is 0.218. The van der Waals surface area contributed by atoms with Crippen molar-refractivity contribution in [2.24, 2.45) is 0 Å². The molecule has 9 nitrogen and oxygen atoms in total. The molecule has 1 amide bonds. The third-order valence-electron chi connectivity index (χ3n) is 8.03. The molecule has 3 aromatic heterocycles. The van der Waals surface area contributed by atoms with Crippen LogP contribution in [0.1, 0.15) is 37.8 Å². The van der Waals surface area contributed by atoms with Gasteiger partial charge in [-0.05, 0) is 54.8 Å². The number of carbonyl (C=O) groups excluding carboxylic acids is 1. The first kappa shape index (κ1) is 29.1. The number of anilines is 1. The number of hydrogen-bond donors (Lipinski definition) is 0. The molecule has 0 aliphatic carbocycles. The van der Waals surface area contributed by atoms with E-state index in [0.29, 0.717) is 41.9 Å². The number of halogens is 2. The van der Waals surface area contributed by atoms with Crippen LogP contribution in [0, 0.1) is 17.1 Å². The van der Waals surface area contributed by atoms with E-state index in [0.717, 1.165) is 5.56 Å². The van der Waals surface area contributed by atoms with Crippen molar-refractivity contribution in [3.05, 3.63) is 93.8 Å². The summed E-state index contributed by atoms with van der Waals surface area (Å²) in [6.07, 6.45) is 2.73. The number of fused-ring (bicyclic) bond motifs is 2. The number of rotatable bonds is 5. The lowest BCUT2D eigenvalue weighted by atomic mass is 9.97. The van der Waals surface area contributed by atoms with E-state index >= 15 is 4.39 Å². The van der Waals surface area contributed by atoms with Crippen LogP contribution in [-0.2, 0) is 4.79 Å². The highest BCUT2D eigenvalue weighted by Crippen LogP contribution is 2.39. The zero-order valence-electron chi connectivity index (χ0n) is 24.3. The standard InChI is InChI=1S/C33H28ClFN6O3/c1-5-26(42)39-12-13-40(19(4)17-39)31-23-15-24(34)28(27-25(35)10-9-20-11-14-44-30(20)27)37-32(23)41(33(43)38-31)29-21(16-36)7-6-8-22(29)18(2)3/h5-11,14-15,18-19H,1,12-13,17H2,2-4H3/t19-/m0/s1. The molecule has 1 aliphatic heterocycles. The van der Waals surface area contributed by atoms with Crippen LogP contribution in [0.3, 0.4) is 0 Å². The molecular weight excluding hydrogens is 583 g/mol. The zero-order chi connectivity index (χ0) is 31.3. The predicted molar refractivity (Wildman–Crippen MR) is 168 cm³/mol. The van der Waals surface area contributed by atoms with E-state index in [1.54, 1.807) is 35.2 Å². The van der Waals surface area contributed by atoms with Crippen LogP contribution in [0.2, 0.25) is 5.02 Å². The predicted octanol–water partition coefficient (Wildman–Crippen LogP) is 6.20. The number of aromatic nitrogens is 3. The fourth-order valence-corrected chi connectivity index (χ4v) is 6.14. The van der Waals surface area contributed by atoms with E-state index < -0.39 is 11.5 Å². The molecule has 222 valence electrons. The Hall–Kier alpha value is -5.01. The van der Waals surface area contributed by atoms with E-state index in [4.69, 9.17) is 21.0 Å². The minimum atomic E-state index is -0.661. The highest BCUT2D eigenvalue weighted by atomic mass is 35.5. The van der Waals surface area contributed by atoms with E-state index in [9.17, 15) is 14.9 Å². The molecule has 1 aliphatic rings.